The number of amides is 1. The quantitative estimate of drug-likeness (QED) is 0.621. The molecule has 1 aliphatic heterocycles. The van der Waals surface area contributed by atoms with Gasteiger partial charge >= 0.3 is 0 Å². The summed E-state index contributed by atoms with van der Waals surface area (Å²) in [5, 5.41) is 0. The second-order valence-corrected chi connectivity index (χ2v) is 3.26. The lowest BCUT2D eigenvalue weighted by Crippen LogP contribution is -2.41. The Kier molecular flexibility index (Phi) is 3.53. The topological polar surface area (TPSA) is 29.5 Å². The van der Waals surface area contributed by atoms with Crippen molar-refractivity contribution in [3.05, 3.63) is 0 Å². The van der Waals surface area contributed by atoms with Crippen LogP contribution < -0.4 is 0 Å². The zero-order valence-electron chi connectivity index (χ0n) is 7.88. The van der Waals surface area contributed by atoms with Crippen molar-refractivity contribution < 1.29 is 9.53 Å². The van der Waals surface area contributed by atoms with E-state index in [0.29, 0.717) is 0 Å². The van der Waals surface area contributed by atoms with Crippen LogP contribution in [-0.4, -0.2) is 37.1 Å². The van der Waals surface area contributed by atoms with Gasteiger partial charge in [0.25, 0.3) is 5.91 Å². The highest BCUT2D eigenvalue weighted by Gasteiger charge is 2.21. The first kappa shape index (κ1) is 9.52. The number of rotatable bonds is 2. The molecule has 0 bridgehead atoms. The van der Waals surface area contributed by atoms with E-state index < -0.39 is 0 Å². The molecule has 0 saturated carbocycles. The van der Waals surface area contributed by atoms with Gasteiger partial charge in [0.05, 0.1) is 0 Å². The molecule has 0 N–H and O–H groups in total. The van der Waals surface area contributed by atoms with Gasteiger partial charge in [-0.05, 0) is 26.2 Å². The van der Waals surface area contributed by atoms with E-state index in [1.807, 2.05) is 4.90 Å². The van der Waals surface area contributed by atoms with Gasteiger partial charge in [-0.15, -0.1) is 0 Å². The lowest BCUT2D eigenvalue weighted by atomic mass is 10.1. The monoisotopic (exact) mass is 171 g/mol. The molecule has 0 spiro atoms. The van der Waals surface area contributed by atoms with Crippen molar-refractivity contribution in [2.75, 3.05) is 20.2 Å². The summed E-state index contributed by atoms with van der Waals surface area (Å²) < 4.78 is 4.97. The van der Waals surface area contributed by atoms with Crippen LogP contribution in [0.15, 0.2) is 0 Å². The van der Waals surface area contributed by atoms with Gasteiger partial charge < -0.3 is 9.64 Å². The molecule has 0 aliphatic carbocycles. The van der Waals surface area contributed by atoms with Crippen LogP contribution in [0.1, 0.15) is 26.2 Å². The molecule has 3 nitrogen and oxygen atoms in total. The van der Waals surface area contributed by atoms with Gasteiger partial charge in [0.15, 0.2) is 0 Å². The van der Waals surface area contributed by atoms with E-state index in [4.69, 9.17) is 4.74 Å². The molecular formula is C9H17NO2. The number of methoxy groups -OCH3 is 1. The summed E-state index contributed by atoms with van der Waals surface area (Å²) in [6, 6.07) is 0. The Morgan fingerprint density at radius 2 is 1.92 bits per heavy atom. The number of likely N-dealkylation sites (tertiary alicyclic amines) is 1. The first-order valence-electron chi connectivity index (χ1n) is 4.57. The number of hydrogen-bond donors (Lipinski definition) is 0. The van der Waals surface area contributed by atoms with E-state index in [2.05, 4.69) is 0 Å². The fraction of sp³-hybridized carbons (Fsp3) is 0.889. The number of ether oxygens (including phenoxy) is 1. The fourth-order valence-electron chi connectivity index (χ4n) is 1.47. The Hall–Kier alpha value is -0.570. The molecule has 0 unspecified atom stereocenters. The van der Waals surface area contributed by atoms with E-state index in [0.717, 1.165) is 25.9 Å². The Labute approximate surface area is 73.7 Å². The van der Waals surface area contributed by atoms with Crippen molar-refractivity contribution in [1.29, 1.82) is 0 Å². The largest absolute Gasteiger partial charge is 0.372 e. The van der Waals surface area contributed by atoms with Gasteiger partial charge in [-0.2, -0.15) is 0 Å². The van der Waals surface area contributed by atoms with Crippen LogP contribution in [0.3, 0.4) is 0 Å². The Morgan fingerprint density at radius 3 is 2.42 bits per heavy atom. The van der Waals surface area contributed by atoms with Gasteiger partial charge in [-0.3, -0.25) is 4.79 Å². The van der Waals surface area contributed by atoms with E-state index in [1.165, 1.54) is 6.42 Å². The van der Waals surface area contributed by atoms with E-state index in [-0.39, 0.29) is 12.0 Å². The number of carbonyl (C=O) groups is 1. The molecule has 1 saturated heterocycles. The summed E-state index contributed by atoms with van der Waals surface area (Å²) in [5.41, 5.74) is 0. The zero-order valence-corrected chi connectivity index (χ0v) is 7.88. The Bertz CT molecular complexity index is 153. The third-order valence-electron chi connectivity index (χ3n) is 2.37. The first-order valence-corrected chi connectivity index (χ1v) is 4.57. The molecule has 12 heavy (non-hydrogen) atoms. The smallest absolute Gasteiger partial charge is 0.251 e. The molecule has 1 fully saturated rings. The predicted molar refractivity (Wildman–Crippen MR) is 46.9 cm³/mol. The van der Waals surface area contributed by atoms with Crippen LogP contribution in [0.5, 0.6) is 0 Å². The van der Waals surface area contributed by atoms with Crippen molar-refractivity contribution in [3.63, 3.8) is 0 Å². The number of hydrogen-bond acceptors (Lipinski definition) is 2. The lowest BCUT2D eigenvalue weighted by molar-refractivity contribution is -0.141. The number of carbonyl (C=O) groups excluding carboxylic acids is 1. The molecule has 0 aromatic rings. The number of nitrogens with zero attached hydrogens (tertiary/aromatic N) is 1. The van der Waals surface area contributed by atoms with Crippen LogP contribution in [0, 0.1) is 0 Å². The maximum absolute atomic E-state index is 11.5. The van der Waals surface area contributed by atoms with Crippen molar-refractivity contribution in [2.24, 2.45) is 0 Å². The summed E-state index contributed by atoms with van der Waals surface area (Å²) in [6.45, 7) is 3.62. The van der Waals surface area contributed by atoms with Crippen LogP contribution in [0.2, 0.25) is 0 Å². The van der Waals surface area contributed by atoms with Crippen LogP contribution in [0.4, 0.5) is 0 Å². The third kappa shape index (κ3) is 2.21. The molecule has 0 radical (unpaired) electrons. The van der Waals surface area contributed by atoms with Crippen molar-refractivity contribution in [3.8, 4) is 0 Å². The van der Waals surface area contributed by atoms with Gasteiger partial charge in [0, 0.05) is 20.2 Å². The van der Waals surface area contributed by atoms with Crippen molar-refractivity contribution in [2.45, 2.75) is 32.3 Å². The van der Waals surface area contributed by atoms with E-state index >= 15 is 0 Å². The second kappa shape index (κ2) is 4.45. The molecule has 0 aromatic heterocycles. The minimum atomic E-state index is -0.275. The average molecular weight is 171 g/mol. The molecule has 0 aromatic carbocycles. The third-order valence-corrected chi connectivity index (χ3v) is 2.37. The zero-order chi connectivity index (χ0) is 8.97. The molecule has 3 heteroatoms. The molecular weight excluding hydrogens is 154 g/mol. The van der Waals surface area contributed by atoms with E-state index in [1.54, 1.807) is 14.0 Å². The SMILES string of the molecule is CO[C@H](C)C(=O)N1CCCCC1. The summed E-state index contributed by atoms with van der Waals surface area (Å²) >= 11 is 0. The minimum absolute atomic E-state index is 0.136. The highest BCUT2D eigenvalue weighted by molar-refractivity contribution is 5.80. The summed E-state index contributed by atoms with van der Waals surface area (Å²) in [4.78, 5) is 13.4. The van der Waals surface area contributed by atoms with Gasteiger partial charge in [-0.25, -0.2) is 0 Å². The van der Waals surface area contributed by atoms with Crippen LogP contribution >= 0.6 is 0 Å². The van der Waals surface area contributed by atoms with Crippen molar-refractivity contribution >= 4 is 5.91 Å². The summed E-state index contributed by atoms with van der Waals surface area (Å²) in [6.07, 6.45) is 3.26. The lowest BCUT2D eigenvalue weighted by Gasteiger charge is -2.28. The summed E-state index contributed by atoms with van der Waals surface area (Å²) in [5.74, 6) is 0.136. The normalized spacial score (nSPS) is 20.7. The molecule has 70 valence electrons. The highest BCUT2D eigenvalue weighted by Crippen LogP contribution is 2.10. The van der Waals surface area contributed by atoms with Gasteiger partial charge in [-0.1, -0.05) is 0 Å². The molecule has 1 atom stereocenters. The second-order valence-electron chi connectivity index (χ2n) is 3.26. The van der Waals surface area contributed by atoms with Gasteiger partial charge in [0.2, 0.25) is 0 Å². The molecule has 1 aliphatic rings. The Balaban J connectivity index is 2.39. The predicted octanol–water partition coefficient (Wildman–Crippen LogP) is 1.03. The van der Waals surface area contributed by atoms with E-state index in [9.17, 15) is 4.79 Å². The first-order chi connectivity index (χ1) is 5.75. The molecule has 1 amide bonds. The maximum Gasteiger partial charge on any atom is 0.251 e. The minimum Gasteiger partial charge on any atom is -0.372 e. The van der Waals surface area contributed by atoms with Crippen LogP contribution in [-0.2, 0) is 9.53 Å². The molecule has 1 rings (SSSR count). The highest BCUT2D eigenvalue weighted by atomic mass is 16.5. The maximum atomic E-state index is 11.5. The number of piperidine rings is 1. The summed E-state index contributed by atoms with van der Waals surface area (Å²) in [7, 11) is 1.58. The van der Waals surface area contributed by atoms with Crippen molar-refractivity contribution in [1.82, 2.24) is 4.90 Å². The molecule has 1 heterocycles. The van der Waals surface area contributed by atoms with Gasteiger partial charge in [0.1, 0.15) is 6.10 Å². The van der Waals surface area contributed by atoms with Crippen LogP contribution in [0.25, 0.3) is 0 Å². The fourth-order valence-corrected chi connectivity index (χ4v) is 1.47. The Morgan fingerprint density at radius 1 is 1.33 bits per heavy atom. The standard InChI is InChI=1S/C9H17NO2/c1-8(12-2)9(11)10-6-4-3-5-7-10/h8H,3-7H2,1-2H3/t8-/m1/s1. The average Bonchev–Trinajstić information content (AvgIpc) is 2.17.